The molecule has 2 atom stereocenters. The maximum absolute atomic E-state index is 13.3. The predicted molar refractivity (Wildman–Crippen MR) is 106 cm³/mol. The van der Waals surface area contributed by atoms with Gasteiger partial charge in [-0.3, -0.25) is 14.1 Å². The van der Waals surface area contributed by atoms with E-state index in [1.165, 1.54) is 10.5 Å². The number of hydrogen-bond acceptors (Lipinski definition) is 4. The summed E-state index contributed by atoms with van der Waals surface area (Å²) in [5, 5.41) is 8.24. The zero-order valence-electron chi connectivity index (χ0n) is 17.2. The van der Waals surface area contributed by atoms with E-state index >= 15 is 0 Å². The van der Waals surface area contributed by atoms with Gasteiger partial charge >= 0.3 is 6.18 Å². The summed E-state index contributed by atoms with van der Waals surface area (Å²) < 4.78 is 40.9. The first-order valence-electron chi connectivity index (χ1n) is 10.8. The molecule has 30 heavy (non-hydrogen) atoms. The SMILES string of the molecule is CCCN1CCCCC1C(=O)N1CCCC(c2nnc3ccc(C(F)(F)F)cn23)C1. The summed E-state index contributed by atoms with van der Waals surface area (Å²) in [5.74, 6) is 0.532. The molecule has 0 aromatic carbocycles. The van der Waals surface area contributed by atoms with E-state index in [-0.39, 0.29) is 17.9 Å². The Bertz CT molecular complexity index is 894. The standard InChI is InChI=1S/C21H28F3N5O/c1-2-10-27-11-4-3-7-17(27)20(30)28-12-5-6-15(13-28)19-26-25-18-9-8-16(14-29(18)19)21(22,23)24/h8-9,14-15,17H,2-7,10-13H2,1H3. The molecular weight excluding hydrogens is 395 g/mol. The molecule has 0 bridgehead atoms. The highest BCUT2D eigenvalue weighted by atomic mass is 19.4. The van der Waals surface area contributed by atoms with Crippen LogP contribution in [0.5, 0.6) is 0 Å². The summed E-state index contributed by atoms with van der Waals surface area (Å²) in [4.78, 5) is 17.5. The van der Waals surface area contributed by atoms with E-state index < -0.39 is 11.7 Å². The fraction of sp³-hybridized carbons (Fsp3) is 0.667. The Kier molecular flexibility index (Phi) is 5.99. The first kappa shape index (κ1) is 21.1. The van der Waals surface area contributed by atoms with Crippen LogP contribution in [-0.2, 0) is 11.0 Å². The number of likely N-dealkylation sites (tertiary alicyclic amines) is 2. The molecule has 4 rings (SSSR count). The lowest BCUT2D eigenvalue weighted by Crippen LogP contribution is -2.53. The predicted octanol–water partition coefficient (Wildman–Crippen LogP) is 3.72. The number of hydrogen-bond donors (Lipinski definition) is 0. The van der Waals surface area contributed by atoms with Crippen LogP contribution < -0.4 is 0 Å². The number of nitrogens with zero attached hydrogens (tertiary/aromatic N) is 5. The lowest BCUT2D eigenvalue weighted by atomic mass is 9.94. The summed E-state index contributed by atoms with van der Waals surface area (Å²) in [6, 6.07) is 2.29. The molecule has 2 unspecified atom stereocenters. The summed E-state index contributed by atoms with van der Waals surface area (Å²) in [5.41, 5.74) is -0.333. The van der Waals surface area contributed by atoms with Gasteiger partial charge in [-0.1, -0.05) is 13.3 Å². The molecule has 2 aliphatic heterocycles. The summed E-state index contributed by atoms with van der Waals surface area (Å²) >= 11 is 0. The van der Waals surface area contributed by atoms with Crippen molar-refractivity contribution in [2.75, 3.05) is 26.2 Å². The number of pyridine rings is 1. The largest absolute Gasteiger partial charge is 0.417 e. The van der Waals surface area contributed by atoms with E-state index in [1.54, 1.807) is 0 Å². The third-order valence-corrected chi connectivity index (χ3v) is 6.26. The summed E-state index contributed by atoms with van der Waals surface area (Å²) in [6.45, 7) is 5.17. The lowest BCUT2D eigenvalue weighted by Gasteiger charge is -2.40. The molecule has 2 aliphatic rings. The molecule has 4 heterocycles. The van der Waals surface area contributed by atoms with Gasteiger partial charge in [0.1, 0.15) is 5.82 Å². The Hall–Kier alpha value is -2.16. The lowest BCUT2D eigenvalue weighted by molar-refractivity contribution is -0.139. The van der Waals surface area contributed by atoms with Crippen molar-refractivity contribution in [3.63, 3.8) is 0 Å². The van der Waals surface area contributed by atoms with Gasteiger partial charge in [0.15, 0.2) is 5.65 Å². The summed E-state index contributed by atoms with van der Waals surface area (Å²) in [6.07, 6.45) is 2.31. The fourth-order valence-electron chi connectivity index (χ4n) is 4.78. The zero-order chi connectivity index (χ0) is 21.3. The Morgan fingerprint density at radius 1 is 1.13 bits per heavy atom. The van der Waals surface area contributed by atoms with Crippen molar-refractivity contribution in [2.45, 2.75) is 63.6 Å². The Labute approximate surface area is 174 Å². The molecule has 6 nitrogen and oxygen atoms in total. The van der Waals surface area contributed by atoms with E-state index in [0.29, 0.717) is 24.6 Å². The van der Waals surface area contributed by atoms with Crippen molar-refractivity contribution >= 4 is 11.6 Å². The highest BCUT2D eigenvalue weighted by molar-refractivity contribution is 5.82. The molecule has 0 aliphatic carbocycles. The Morgan fingerprint density at radius 2 is 1.97 bits per heavy atom. The van der Waals surface area contributed by atoms with Gasteiger partial charge in [0.05, 0.1) is 11.6 Å². The van der Waals surface area contributed by atoms with Crippen LogP contribution >= 0.6 is 0 Å². The zero-order valence-corrected chi connectivity index (χ0v) is 17.2. The Balaban J connectivity index is 1.54. The van der Waals surface area contributed by atoms with Crippen molar-refractivity contribution < 1.29 is 18.0 Å². The normalized spacial score (nSPS) is 23.8. The Morgan fingerprint density at radius 3 is 2.73 bits per heavy atom. The van der Waals surface area contributed by atoms with Crippen molar-refractivity contribution in [1.29, 1.82) is 0 Å². The van der Waals surface area contributed by atoms with Gasteiger partial charge < -0.3 is 4.90 Å². The molecule has 1 amide bonds. The van der Waals surface area contributed by atoms with E-state index in [4.69, 9.17) is 0 Å². The topological polar surface area (TPSA) is 53.7 Å². The first-order valence-corrected chi connectivity index (χ1v) is 10.8. The van der Waals surface area contributed by atoms with Gasteiger partial charge in [0.25, 0.3) is 0 Å². The summed E-state index contributed by atoms with van der Waals surface area (Å²) in [7, 11) is 0. The minimum Gasteiger partial charge on any atom is -0.341 e. The highest BCUT2D eigenvalue weighted by Crippen LogP contribution is 2.32. The highest BCUT2D eigenvalue weighted by Gasteiger charge is 2.36. The molecule has 0 saturated carbocycles. The number of aromatic nitrogens is 3. The van der Waals surface area contributed by atoms with Crippen LogP contribution in [0.3, 0.4) is 0 Å². The monoisotopic (exact) mass is 423 g/mol. The van der Waals surface area contributed by atoms with Crippen molar-refractivity contribution in [3.05, 3.63) is 29.7 Å². The van der Waals surface area contributed by atoms with Crippen LogP contribution in [0, 0.1) is 0 Å². The molecular formula is C21H28F3N5O. The third-order valence-electron chi connectivity index (χ3n) is 6.26. The molecule has 0 spiro atoms. The quantitative estimate of drug-likeness (QED) is 0.752. The average Bonchev–Trinajstić information content (AvgIpc) is 3.17. The molecule has 164 valence electrons. The smallest absolute Gasteiger partial charge is 0.341 e. The van der Waals surface area contributed by atoms with Gasteiger partial charge in [-0.25, -0.2) is 0 Å². The average molecular weight is 423 g/mol. The minimum atomic E-state index is -4.42. The number of amides is 1. The third kappa shape index (κ3) is 4.17. The van der Waals surface area contributed by atoms with Crippen LogP contribution in [-0.4, -0.2) is 62.5 Å². The van der Waals surface area contributed by atoms with Crippen LogP contribution in [0.2, 0.25) is 0 Å². The van der Waals surface area contributed by atoms with Crippen LogP contribution in [0.1, 0.15) is 62.8 Å². The molecule has 0 radical (unpaired) electrons. The van der Waals surface area contributed by atoms with Crippen LogP contribution in [0.4, 0.5) is 13.2 Å². The number of rotatable bonds is 4. The number of carbonyl (C=O) groups excluding carboxylic acids is 1. The number of fused-ring (bicyclic) bond motifs is 1. The van der Waals surface area contributed by atoms with Gasteiger partial charge in [0, 0.05) is 25.2 Å². The first-order chi connectivity index (χ1) is 14.4. The van der Waals surface area contributed by atoms with Gasteiger partial charge in [-0.15, -0.1) is 10.2 Å². The fourth-order valence-corrected chi connectivity index (χ4v) is 4.78. The van der Waals surface area contributed by atoms with Crippen LogP contribution in [0.25, 0.3) is 5.65 Å². The van der Waals surface area contributed by atoms with E-state index in [9.17, 15) is 18.0 Å². The van der Waals surface area contributed by atoms with Gasteiger partial charge in [-0.05, 0) is 57.3 Å². The van der Waals surface area contributed by atoms with Crippen molar-refractivity contribution in [2.24, 2.45) is 0 Å². The van der Waals surface area contributed by atoms with Crippen molar-refractivity contribution in [3.8, 4) is 0 Å². The second kappa shape index (κ2) is 8.53. The number of piperidine rings is 2. The van der Waals surface area contributed by atoms with Gasteiger partial charge in [0.2, 0.25) is 5.91 Å². The van der Waals surface area contributed by atoms with E-state index in [2.05, 4.69) is 22.0 Å². The minimum absolute atomic E-state index is 0.0792. The second-order valence-electron chi connectivity index (χ2n) is 8.37. The van der Waals surface area contributed by atoms with E-state index in [1.807, 2.05) is 4.90 Å². The number of alkyl halides is 3. The second-order valence-corrected chi connectivity index (χ2v) is 8.37. The molecule has 9 heteroatoms. The number of halogens is 3. The maximum atomic E-state index is 13.3. The molecule has 2 aromatic heterocycles. The van der Waals surface area contributed by atoms with E-state index in [0.717, 1.165) is 63.9 Å². The van der Waals surface area contributed by atoms with Gasteiger partial charge in [-0.2, -0.15) is 13.2 Å². The molecule has 0 N–H and O–H groups in total. The van der Waals surface area contributed by atoms with Crippen LogP contribution in [0.15, 0.2) is 18.3 Å². The maximum Gasteiger partial charge on any atom is 0.417 e. The van der Waals surface area contributed by atoms with Crippen molar-refractivity contribution in [1.82, 2.24) is 24.4 Å². The molecule has 2 fully saturated rings. The molecule has 2 aromatic rings. The molecule has 2 saturated heterocycles. The number of carbonyl (C=O) groups is 1.